The third kappa shape index (κ3) is 3.72. The lowest BCUT2D eigenvalue weighted by molar-refractivity contribution is 0.354. The van der Waals surface area contributed by atoms with Crippen LogP contribution in [0.1, 0.15) is 10.4 Å². The molecule has 0 fully saturated rings. The van der Waals surface area contributed by atoms with Crippen molar-refractivity contribution in [3.05, 3.63) is 46.2 Å². The molecule has 1 heterocycles. The van der Waals surface area contributed by atoms with Crippen LogP contribution in [0.5, 0.6) is 11.5 Å². The molecule has 19 heavy (non-hydrogen) atoms. The van der Waals surface area contributed by atoms with Crippen molar-refractivity contribution in [3.63, 3.8) is 0 Å². The summed E-state index contributed by atoms with van der Waals surface area (Å²) in [6.07, 6.45) is 1.81. The smallest absolute Gasteiger partial charge is 0.161 e. The molecule has 0 atom stereocenters. The standard InChI is InChI=1S/C14H16N2O2S/c1-17-13-6-5-11(8-14(13)18-2)9-15-16-10-12-4-3-7-19-12/h3-8,10,15H,9H2,1-2H3/b16-10-. The minimum absolute atomic E-state index is 0.641. The first-order valence-electron chi connectivity index (χ1n) is 5.84. The fraction of sp³-hybridized carbons (Fsp3) is 0.214. The number of nitrogens with one attached hydrogen (secondary N) is 1. The van der Waals surface area contributed by atoms with Crippen LogP contribution in [0, 0.1) is 0 Å². The van der Waals surface area contributed by atoms with Gasteiger partial charge in [0.1, 0.15) is 0 Å². The van der Waals surface area contributed by atoms with Gasteiger partial charge in [-0.1, -0.05) is 12.1 Å². The summed E-state index contributed by atoms with van der Waals surface area (Å²) < 4.78 is 10.4. The molecule has 0 aliphatic rings. The van der Waals surface area contributed by atoms with Crippen molar-refractivity contribution >= 4 is 17.6 Å². The molecule has 2 aromatic rings. The molecule has 0 spiro atoms. The zero-order valence-corrected chi connectivity index (χ0v) is 11.7. The number of hydrogen-bond donors (Lipinski definition) is 1. The highest BCUT2D eigenvalue weighted by atomic mass is 32.1. The van der Waals surface area contributed by atoms with Gasteiger partial charge < -0.3 is 14.9 Å². The Labute approximate surface area is 116 Å². The molecular formula is C14H16N2O2S. The third-order valence-corrected chi connectivity index (χ3v) is 3.36. The van der Waals surface area contributed by atoms with Crippen LogP contribution >= 0.6 is 11.3 Å². The average molecular weight is 276 g/mol. The molecule has 2 rings (SSSR count). The van der Waals surface area contributed by atoms with Crippen molar-refractivity contribution in [1.29, 1.82) is 0 Å². The quantitative estimate of drug-likeness (QED) is 0.651. The van der Waals surface area contributed by atoms with Gasteiger partial charge in [0.15, 0.2) is 11.5 Å². The lowest BCUT2D eigenvalue weighted by Gasteiger charge is -2.09. The maximum Gasteiger partial charge on any atom is 0.161 e. The summed E-state index contributed by atoms with van der Waals surface area (Å²) in [4.78, 5) is 1.12. The van der Waals surface area contributed by atoms with Crippen molar-refractivity contribution in [2.24, 2.45) is 5.10 Å². The molecule has 0 aliphatic heterocycles. The van der Waals surface area contributed by atoms with E-state index in [0.717, 1.165) is 21.9 Å². The molecular weight excluding hydrogens is 260 g/mol. The van der Waals surface area contributed by atoms with Crippen LogP contribution in [0.2, 0.25) is 0 Å². The van der Waals surface area contributed by atoms with Gasteiger partial charge in [0.2, 0.25) is 0 Å². The second-order valence-electron chi connectivity index (χ2n) is 3.80. The molecule has 0 unspecified atom stereocenters. The summed E-state index contributed by atoms with van der Waals surface area (Å²) in [5, 5.41) is 6.19. The predicted octanol–water partition coefficient (Wildman–Crippen LogP) is 2.89. The first-order chi connectivity index (χ1) is 9.33. The van der Waals surface area contributed by atoms with Gasteiger partial charge in [-0.05, 0) is 29.1 Å². The van der Waals surface area contributed by atoms with E-state index in [4.69, 9.17) is 9.47 Å². The average Bonchev–Trinajstić information content (AvgIpc) is 2.96. The second kappa shape index (κ2) is 6.80. The summed E-state index contributed by atoms with van der Waals surface area (Å²) in [6, 6.07) is 9.83. The van der Waals surface area contributed by atoms with E-state index in [2.05, 4.69) is 10.5 Å². The number of nitrogens with zero attached hydrogens (tertiary/aromatic N) is 1. The fourth-order valence-electron chi connectivity index (χ4n) is 1.60. The van der Waals surface area contributed by atoms with Crippen LogP contribution in [0.3, 0.4) is 0 Å². The molecule has 0 saturated heterocycles. The lowest BCUT2D eigenvalue weighted by Crippen LogP contribution is -2.05. The van der Waals surface area contributed by atoms with Gasteiger partial charge in [-0.3, -0.25) is 0 Å². The summed E-state index contributed by atoms with van der Waals surface area (Å²) in [5.74, 6) is 1.46. The molecule has 1 N–H and O–H groups in total. The zero-order valence-electron chi connectivity index (χ0n) is 10.9. The molecule has 0 saturated carbocycles. The van der Waals surface area contributed by atoms with E-state index < -0.39 is 0 Å². The summed E-state index contributed by atoms with van der Waals surface area (Å²) >= 11 is 1.65. The van der Waals surface area contributed by atoms with Crippen LogP contribution in [0.15, 0.2) is 40.8 Å². The Kier molecular flexibility index (Phi) is 4.80. The van der Waals surface area contributed by atoms with Gasteiger partial charge in [0.05, 0.1) is 27.0 Å². The summed E-state index contributed by atoms with van der Waals surface area (Å²) in [7, 11) is 3.26. The minimum atomic E-state index is 0.641. The van der Waals surface area contributed by atoms with Crippen LogP contribution in [0.4, 0.5) is 0 Å². The highest BCUT2D eigenvalue weighted by Gasteiger charge is 2.03. The molecule has 0 bridgehead atoms. The Hall–Kier alpha value is -2.01. The molecule has 0 amide bonds. The third-order valence-electron chi connectivity index (χ3n) is 2.56. The van der Waals surface area contributed by atoms with E-state index in [1.165, 1.54) is 0 Å². The topological polar surface area (TPSA) is 42.8 Å². The van der Waals surface area contributed by atoms with Crippen molar-refractivity contribution in [1.82, 2.24) is 5.43 Å². The molecule has 0 radical (unpaired) electrons. The normalized spacial score (nSPS) is 10.6. The van der Waals surface area contributed by atoms with E-state index in [1.807, 2.05) is 41.9 Å². The van der Waals surface area contributed by atoms with E-state index in [-0.39, 0.29) is 0 Å². The Bertz CT molecular complexity index is 538. The highest BCUT2D eigenvalue weighted by molar-refractivity contribution is 7.11. The van der Waals surface area contributed by atoms with Gasteiger partial charge in [-0.25, -0.2) is 0 Å². The Morgan fingerprint density at radius 1 is 1.21 bits per heavy atom. The SMILES string of the molecule is COc1ccc(CN/N=C\c2cccs2)cc1OC. The Morgan fingerprint density at radius 2 is 2.05 bits per heavy atom. The molecule has 100 valence electrons. The van der Waals surface area contributed by atoms with Gasteiger partial charge in [-0.15, -0.1) is 11.3 Å². The minimum Gasteiger partial charge on any atom is -0.493 e. The maximum absolute atomic E-state index is 5.25. The van der Waals surface area contributed by atoms with Gasteiger partial charge in [0, 0.05) is 4.88 Å². The fourth-order valence-corrected chi connectivity index (χ4v) is 2.19. The predicted molar refractivity (Wildman–Crippen MR) is 78.3 cm³/mol. The number of methoxy groups -OCH3 is 2. The van der Waals surface area contributed by atoms with E-state index in [9.17, 15) is 0 Å². The zero-order chi connectivity index (χ0) is 13.5. The van der Waals surface area contributed by atoms with E-state index in [0.29, 0.717) is 6.54 Å². The van der Waals surface area contributed by atoms with Crippen LogP contribution in [0.25, 0.3) is 0 Å². The summed E-state index contributed by atoms with van der Waals surface area (Å²) in [5.41, 5.74) is 4.09. The largest absolute Gasteiger partial charge is 0.493 e. The first kappa shape index (κ1) is 13.4. The Morgan fingerprint density at radius 3 is 2.74 bits per heavy atom. The van der Waals surface area contributed by atoms with Gasteiger partial charge in [0.25, 0.3) is 0 Å². The van der Waals surface area contributed by atoms with Crippen molar-refractivity contribution in [2.75, 3.05) is 14.2 Å². The molecule has 1 aromatic carbocycles. The number of hydrazone groups is 1. The highest BCUT2D eigenvalue weighted by Crippen LogP contribution is 2.27. The second-order valence-corrected chi connectivity index (χ2v) is 4.78. The Balaban J connectivity index is 1.92. The van der Waals surface area contributed by atoms with Crippen molar-refractivity contribution < 1.29 is 9.47 Å². The molecule has 1 aromatic heterocycles. The number of benzene rings is 1. The lowest BCUT2D eigenvalue weighted by atomic mass is 10.2. The van der Waals surface area contributed by atoms with Crippen molar-refractivity contribution in [2.45, 2.75) is 6.54 Å². The molecule has 5 heteroatoms. The van der Waals surface area contributed by atoms with Gasteiger partial charge >= 0.3 is 0 Å². The number of thiophene rings is 1. The van der Waals surface area contributed by atoms with Crippen LogP contribution in [-0.2, 0) is 6.54 Å². The number of hydrogen-bond acceptors (Lipinski definition) is 5. The van der Waals surface area contributed by atoms with Gasteiger partial charge in [-0.2, -0.15) is 5.10 Å². The monoisotopic (exact) mass is 276 g/mol. The maximum atomic E-state index is 5.25. The molecule has 4 nitrogen and oxygen atoms in total. The first-order valence-corrected chi connectivity index (χ1v) is 6.72. The van der Waals surface area contributed by atoms with Crippen LogP contribution in [-0.4, -0.2) is 20.4 Å². The van der Waals surface area contributed by atoms with Crippen LogP contribution < -0.4 is 14.9 Å². The van der Waals surface area contributed by atoms with E-state index in [1.54, 1.807) is 25.6 Å². The van der Waals surface area contributed by atoms with E-state index >= 15 is 0 Å². The molecule has 0 aliphatic carbocycles. The number of rotatable bonds is 6. The van der Waals surface area contributed by atoms with Crippen molar-refractivity contribution in [3.8, 4) is 11.5 Å². The number of ether oxygens (including phenoxy) is 2. The summed E-state index contributed by atoms with van der Waals surface area (Å²) in [6.45, 7) is 0.641.